The summed E-state index contributed by atoms with van der Waals surface area (Å²) in [6.45, 7) is 1.46. The maximum absolute atomic E-state index is 11.8. The van der Waals surface area contributed by atoms with Crippen LogP contribution < -0.4 is 16.6 Å². The number of amides is 1. The highest BCUT2D eigenvalue weighted by molar-refractivity contribution is 5.85. The van der Waals surface area contributed by atoms with Crippen molar-refractivity contribution < 1.29 is 9.53 Å². The largest absolute Gasteiger partial charge is 0.452 e. The van der Waals surface area contributed by atoms with Crippen LogP contribution in [0.2, 0.25) is 0 Å². The molecule has 2 aromatic rings. The molecule has 0 aliphatic carbocycles. The fourth-order valence-electron chi connectivity index (χ4n) is 2.51. The van der Waals surface area contributed by atoms with Gasteiger partial charge in [0.2, 0.25) is 17.6 Å². The molecule has 10 heteroatoms. The topological polar surface area (TPSA) is 133 Å². The Labute approximate surface area is 147 Å². The Morgan fingerprint density at radius 2 is 2.08 bits per heavy atom. The lowest BCUT2D eigenvalue weighted by Gasteiger charge is -2.18. The molecule has 1 aromatic carbocycles. The number of aromatic amines is 2. The van der Waals surface area contributed by atoms with Crippen molar-refractivity contribution in [2.75, 3.05) is 11.9 Å². The quantitative estimate of drug-likeness (QED) is 0.667. The van der Waals surface area contributed by atoms with E-state index in [1.54, 1.807) is 0 Å². The third-order valence-corrected chi connectivity index (χ3v) is 3.73. The first-order valence-electron chi connectivity index (χ1n) is 8.03. The van der Waals surface area contributed by atoms with Gasteiger partial charge in [-0.1, -0.05) is 30.3 Å². The summed E-state index contributed by atoms with van der Waals surface area (Å²) in [5, 5.41) is 13.9. The van der Waals surface area contributed by atoms with Gasteiger partial charge >= 0.3 is 5.69 Å². The molecule has 2 heterocycles. The fraction of sp³-hybridized carbons (Fsp3) is 0.312. The van der Waals surface area contributed by atoms with Crippen molar-refractivity contribution in [3.8, 4) is 0 Å². The molecular weight excluding hydrogens is 340 g/mol. The van der Waals surface area contributed by atoms with Gasteiger partial charge in [-0.3, -0.25) is 14.6 Å². The minimum atomic E-state index is -0.696. The first-order chi connectivity index (χ1) is 12.5. The molecule has 1 aliphatic heterocycles. The molecule has 0 saturated carbocycles. The number of ether oxygens (including phenoxy) is 1. The number of anilines is 1. The number of aryl methyl sites for hydroxylation is 1. The van der Waals surface area contributed by atoms with E-state index >= 15 is 0 Å². The smallest absolute Gasteiger partial charge is 0.342 e. The zero-order valence-corrected chi connectivity index (χ0v) is 14.1. The van der Waals surface area contributed by atoms with Crippen LogP contribution in [0.4, 0.5) is 5.82 Å². The van der Waals surface area contributed by atoms with Gasteiger partial charge in [0.05, 0.1) is 6.54 Å². The number of benzene rings is 1. The van der Waals surface area contributed by atoms with Crippen molar-refractivity contribution in [3.05, 3.63) is 56.7 Å². The van der Waals surface area contributed by atoms with Gasteiger partial charge in [0.15, 0.2) is 6.23 Å². The van der Waals surface area contributed by atoms with Crippen LogP contribution in [0.15, 0.2) is 45.0 Å². The molecular formula is C16H18N6O4. The average molecular weight is 358 g/mol. The molecule has 0 radical (unpaired) electrons. The van der Waals surface area contributed by atoms with Crippen LogP contribution in [0.1, 0.15) is 18.9 Å². The molecule has 0 bridgehead atoms. The van der Waals surface area contributed by atoms with Crippen LogP contribution in [-0.4, -0.2) is 44.8 Å². The normalized spacial score (nSPS) is 16.1. The van der Waals surface area contributed by atoms with E-state index in [2.05, 4.69) is 25.6 Å². The number of H-pyrrole nitrogens is 2. The molecule has 0 saturated heterocycles. The molecule has 136 valence electrons. The predicted octanol–water partition coefficient (Wildman–Crippen LogP) is 0.0212. The van der Waals surface area contributed by atoms with E-state index in [0.717, 1.165) is 12.0 Å². The van der Waals surface area contributed by atoms with Gasteiger partial charge < -0.3 is 10.1 Å². The molecule has 0 fully saturated rings. The van der Waals surface area contributed by atoms with Gasteiger partial charge in [0.1, 0.15) is 0 Å². The second-order valence-electron chi connectivity index (χ2n) is 5.66. The fourth-order valence-corrected chi connectivity index (χ4v) is 2.51. The highest BCUT2D eigenvalue weighted by Crippen LogP contribution is 2.18. The minimum absolute atomic E-state index is 0.0493. The number of aromatic nitrogens is 3. The van der Waals surface area contributed by atoms with Crippen LogP contribution in [0.5, 0.6) is 0 Å². The van der Waals surface area contributed by atoms with E-state index in [-0.39, 0.29) is 24.2 Å². The van der Waals surface area contributed by atoms with Gasteiger partial charge in [0, 0.05) is 13.3 Å². The van der Waals surface area contributed by atoms with Crippen molar-refractivity contribution in [2.24, 2.45) is 5.10 Å². The predicted molar refractivity (Wildman–Crippen MR) is 93.6 cm³/mol. The third-order valence-electron chi connectivity index (χ3n) is 3.73. The second kappa shape index (κ2) is 7.64. The van der Waals surface area contributed by atoms with Crippen LogP contribution in [0.3, 0.4) is 0 Å². The minimum Gasteiger partial charge on any atom is -0.452 e. The summed E-state index contributed by atoms with van der Waals surface area (Å²) in [6, 6.07) is 9.86. The van der Waals surface area contributed by atoms with Crippen molar-refractivity contribution in [3.63, 3.8) is 0 Å². The highest BCUT2D eigenvalue weighted by atomic mass is 16.5. The van der Waals surface area contributed by atoms with Crippen molar-refractivity contribution >= 4 is 17.6 Å². The Bertz CT molecular complexity index is 920. The van der Waals surface area contributed by atoms with Gasteiger partial charge in [-0.05, 0) is 12.0 Å². The number of hydrazone groups is 1. The monoisotopic (exact) mass is 358 g/mol. The Hall–Kier alpha value is -3.43. The van der Waals surface area contributed by atoms with E-state index in [4.69, 9.17) is 4.74 Å². The Morgan fingerprint density at radius 3 is 2.77 bits per heavy atom. The maximum atomic E-state index is 11.8. The summed E-state index contributed by atoms with van der Waals surface area (Å²) >= 11 is 0. The Balaban J connectivity index is 1.61. The lowest BCUT2D eigenvalue weighted by molar-refractivity contribution is -0.135. The van der Waals surface area contributed by atoms with E-state index in [1.165, 1.54) is 11.9 Å². The van der Waals surface area contributed by atoms with Gasteiger partial charge in [0.25, 0.3) is 5.56 Å². The lowest BCUT2D eigenvalue weighted by atomic mass is 10.1. The van der Waals surface area contributed by atoms with Gasteiger partial charge in [-0.2, -0.15) is 5.01 Å². The zero-order chi connectivity index (χ0) is 18.5. The van der Waals surface area contributed by atoms with Crippen molar-refractivity contribution in [1.82, 2.24) is 20.2 Å². The number of rotatable bonds is 6. The van der Waals surface area contributed by atoms with Gasteiger partial charge in [-0.25, -0.2) is 9.89 Å². The zero-order valence-electron chi connectivity index (χ0n) is 14.1. The second-order valence-corrected chi connectivity index (χ2v) is 5.66. The number of carbonyl (C=O) groups excluding carboxylic acids is 1. The number of nitrogens with zero attached hydrogens (tertiary/aromatic N) is 3. The molecule has 1 aliphatic rings. The standard InChI is InChI=1S/C16H18N6O4/c1-10(23)22-13(8-7-11-5-3-2-4-6-11)26-12(21-22)9-17-14-15(24)18-16(25)20-19-14/h2-6,13H,7-9H2,1H3,(H,17,19)(H2,18,20,24,25). The molecule has 3 N–H and O–H groups in total. The van der Waals surface area contributed by atoms with Crippen LogP contribution >= 0.6 is 0 Å². The van der Waals surface area contributed by atoms with Crippen LogP contribution in [0, 0.1) is 0 Å². The van der Waals surface area contributed by atoms with Crippen molar-refractivity contribution in [1.29, 1.82) is 0 Å². The first kappa shape index (κ1) is 17.4. The molecule has 1 aromatic heterocycles. The third kappa shape index (κ3) is 4.15. The summed E-state index contributed by atoms with van der Waals surface area (Å²) in [5.74, 6) is -0.0539. The summed E-state index contributed by atoms with van der Waals surface area (Å²) < 4.78 is 5.72. The highest BCUT2D eigenvalue weighted by Gasteiger charge is 2.30. The first-order valence-corrected chi connectivity index (χ1v) is 8.03. The molecule has 10 nitrogen and oxygen atoms in total. The SMILES string of the molecule is CC(=O)N1N=C(CNc2n[nH]c(=O)[nH]c2=O)OC1CCc1ccccc1. The molecule has 0 spiro atoms. The number of nitrogens with one attached hydrogen (secondary N) is 3. The maximum Gasteiger partial charge on any atom is 0.342 e. The average Bonchev–Trinajstić information content (AvgIpc) is 3.04. The summed E-state index contributed by atoms with van der Waals surface area (Å²) in [5.41, 5.74) is -0.217. The molecule has 26 heavy (non-hydrogen) atoms. The van der Waals surface area contributed by atoms with Gasteiger partial charge in [-0.15, -0.1) is 10.2 Å². The van der Waals surface area contributed by atoms with E-state index in [0.29, 0.717) is 6.42 Å². The van der Waals surface area contributed by atoms with E-state index < -0.39 is 17.5 Å². The number of carbonyl (C=O) groups is 1. The molecule has 1 amide bonds. The van der Waals surface area contributed by atoms with E-state index in [1.807, 2.05) is 30.3 Å². The van der Waals surface area contributed by atoms with E-state index in [9.17, 15) is 14.4 Å². The van der Waals surface area contributed by atoms with Crippen LogP contribution in [0.25, 0.3) is 0 Å². The van der Waals surface area contributed by atoms with Crippen LogP contribution in [-0.2, 0) is 16.0 Å². The van der Waals surface area contributed by atoms with Crippen molar-refractivity contribution in [2.45, 2.75) is 26.0 Å². The Kier molecular flexibility index (Phi) is 5.11. The summed E-state index contributed by atoms with van der Waals surface area (Å²) in [4.78, 5) is 36.4. The molecule has 1 unspecified atom stereocenters. The summed E-state index contributed by atoms with van der Waals surface area (Å²) in [6.07, 6.45) is 0.798. The Morgan fingerprint density at radius 1 is 1.31 bits per heavy atom. The molecule has 1 atom stereocenters. The summed E-state index contributed by atoms with van der Waals surface area (Å²) in [7, 11) is 0. The number of hydrogen-bond acceptors (Lipinski definition) is 7. The number of hydrogen-bond donors (Lipinski definition) is 3. The lowest BCUT2D eigenvalue weighted by Crippen LogP contribution is -2.32. The molecule has 3 rings (SSSR count).